The van der Waals surface area contributed by atoms with Crippen LogP contribution in [0, 0.1) is 0 Å². The van der Waals surface area contributed by atoms with E-state index in [1.54, 1.807) is 6.07 Å². The number of hydrogen-bond donors (Lipinski definition) is 0. The maximum atomic E-state index is 11.7. The highest BCUT2D eigenvalue weighted by Crippen LogP contribution is 2.26. The molecule has 7 heteroatoms. The molecule has 2 aromatic carbocycles. The first kappa shape index (κ1) is 13.5. The maximum absolute atomic E-state index is 11.7. The van der Waals surface area contributed by atoms with Crippen LogP contribution in [-0.4, -0.2) is 8.75 Å². The van der Waals surface area contributed by atoms with E-state index in [4.69, 9.17) is 16.3 Å². The van der Waals surface area contributed by atoms with E-state index in [0.717, 1.165) is 27.0 Å². The smallest absolute Gasteiger partial charge is 0.283 e. The Labute approximate surface area is 131 Å². The number of hydrogen-bond acceptors (Lipinski definition) is 5. The third-order valence-corrected chi connectivity index (χ3v) is 3.98. The molecule has 3 rings (SSSR count). The molecule has 100 valence electrons. The van der Waals surface area contributed by atoms with Gasteiger partial charge >= 0.3 is 0 Å². The molecule has 0 amide bonds. The summed E-state index contributed by atoms with van der Waals surface area (Å²) in [6.07, 6.45) is 0. The van der Waals surface area contributed by atoms with Gasteiger partial charge in [-0.25, -0.2) is 0 Å². The summed E-state index contributed by atoms with van der Waals surface area (Å²) in [4.78, 5) is 11.7. The third kappa shape index (κ3) is 2.67. The van der Waals surface area contributed by atoms with Crippen LogP contribution in [-0.2, 0) is 0 Å². The van der Waals surface area contributed by atoms with Gasteiger partial charge in [-0.3, -0.25) is 4.79 Å². The molecule has 0 spiro atoms. The van der Waals surface area contributed by atoms with Gasteiger partial charge in [0.25, 0.3) is 11.3 Å². The van der Waals surface area contributed by atoms with Crippen LogP contribution in [0.3, 0.4) is 0 Å². The summed E-state index contributed by atoms with van der Waals surface area (Å²) in [5.41, 5.74) is -0.513. The van der Waals surface area contributed by atoms with Crippen LogP contribution in [0.4, 0.5) is 0 Å². The Morgan fingerprint density at radius 1 is 1.10 bits per heavy atom. The molecule has 4 nitrogen and oxygen atoms in total. The van der Waals surface area contributed by atoms with Crippen LogP contribution in [0.2, 0.25) is 5.15 Å². The van der Waals surface area contributed by atoms with Gasteiger partial charge in [0.2, 0.25) is 0 Å². The molecule has 0 aliphatic heterocycles. The van der Waals surface area contributed by atoms with Crippen molar-refractivity contribution in [3.05, 3.63) is 56.2 Å². The minimum atomic E-state index is -0.513. The van der Waals surface area contributed by atoms with Gasteiger partial charge in [0.15, 0.2) is 5.15 Å². The molecule has 0 fully saturated rings. The molecule has 1 aromatic heterocycles. The van der Waals surface area contributed by atoms with Crippen molar-refractivity contribution in [1.82, 2.24) is 8.75 Å². The van der Waals surface area contributed by atoms with Crippen LogP contribution in [0.25, 0.3) is 10.8 Å². The van der Waals surface area contributed by atoms with Crippen LogP contribution in [0.5, 0.6) is 11.6 Å². The molecule has 0 atom stereocenters. The van der Waals surface area contributed by atoms with E-state index in [1.807, 2.05) is 30.3 Å². The largest absolute Gasteiger partial charge is 0.435 e. The molecule has 0 aliphatic rings. The molecule has 0 saturated carbocycles. The molecule has 20 heavy (non-hydrogen) atoms. The Bertz CT molecular complexity index is 853. The average molecular weight is 370 g/mol. The van der Waals surface area contributed by atoms with Gasteiger partial charge in [0, 0.05) is 4.47 Å². The van der Waals surface area contributed by atoms with Gasteiger partial charge < -0.3 is 4.74 Å². The predicted octanol–water partition coefficient (Wildman–Crippen LogP) is 4.26. The number of benzene rings is 2. The number of nitrogens with zero attached hydrogens (tertiary/aromatic N) is 2. The average Bonchev–Trinajstić information content (AvgIpc) is 2.44. The summed E-state index contributed by atoms with van der Waals surface area (Å²) in [6.45, 7) is 0. The van der Waals surface area contributed by atoms with Crippen molar-refractivity contribution in [2.75, 3.05) is 0 Å². The zero-order valence-corrected chi connectivity index (χ0v) is 13.0. The molecule has 0 bridgehead atoms. The number of rotatable bonds is 2. The summed E-state index contributed by atoms with van der Waals surface area (Å²) >= 11 is 9.91. The van der Waals surface area contributed by atoms with Crippen LogP contribution < -0.4 is 10.2 Å². The lowest BCUT2D eigenvalue weighted by Crippen LogP contribution is -2.07. The van der Waals surface area contributed by atoms with Crippen molar-refractivity contribution < 1.29 is 4.74 Å². The second kappa shape index (κ2) is 5.47. The highest BCUT2D eigenvalue weighted by atomic mass is 79.9. The standard InChI is InChI=1S/C13H6BrClN2O2S/c14-9-3-1-8-6-10(4-2-7(8)5-9)19-13-11(18)12(15)16-20-17-13/h1-6H. The molecule has 3 aromatic rings. The van der Waals surface area contributed by atoms with E-state index < -0.39 is 5.43 Å². The number of halogens is 2. The summed E-state index contributed by atoms with van der Waals surface area (Å²) in [5, 5.41) is 1.93. The molecular weight excluding hydrogens is 364 g/mol. The van der Waals surface area contributed by atoms with Gasteiger partial charge in [0.05, 0.1) is 11.7 Å². The second-order valence-electron chi connectivity index (χ2n) is 3.94. The third-order valence-electron chi connectivity index (χ3n) is 2.61. The fourth-order valence-electron chi connectivity index (χ4n) is 1.70. The molecule has 0 radical (unpaired) electrons. The number of ether oxygens (including phenoxy) is 1. The molecule has 0 N–H and O–H groups in total. The first-order chi connectivity index (χ1) is 9.63. The van der Waals surface area contributed by atoms with Gasteiger partial charge in [-0.1, -0.05) is 39.7 Å². The highest BCUT2D eigenvalue weighted by molar-refractivity contribution is 9.10. The topological polar surface area (TPSA) is 52.1 Å². The fraction of sp³-hybridized carbons (Fsp3) is 0. The van der Waals surface area contributed by atoms with Gasteiger partial charge in [0.1, 0.15) is 5.75 Å². The Kier molecular flexibility index (Phi) is 3.69. The van der Waals surface area contributed by atoms with E-state index in [-0.39, 0.29) is 11.0 Å². The number of aromatic nitrogens is 2. The van der Waals surface area contributed by atoms with Crippen molar-refractivity contribution in [1.29, 1.82) is 0 Å². The summed E-state index contributed by atoms with van der Waals surface area (Å²) in [6, 6.07) is 11.4. The van der Waals surface area contributed by atoms with Crippen LogP contribution >= 0.6 is 39.3 Å². The van der Waals surface area contributed by atoms with Gasteiger partial charge in [-0.15, -0.1) is 4.37 Å². The van der Waals surface area contributed by atoms with Crippen molar-refractivity contribution in [2.24, 2.45) is 0 Å². The van der Waals surface area contributed by atoms with Crippen LogP contribution in [0.1, 0.15) is 0 Å². The van der Waals surface area contributed by atoms with Crippen molar-refractivity contribution >= 4 is 50.0 Å². The fourth-order valence-corrected chi connectivity index (χ4v) is 2.64. The molecular formula is C13H6BrClN2O2S. The Balaban J connectivity index is 2.01. The SMILES string of the molecule is O=c1c(Cl)nsnc1Oc1ccc2cc(Br)ccc2c1. The minimum absolute atomic E-state index is 0.0635. The van der Waals surface area contributed by atoms with Crippen molar-refractivity contribution in [2.45, 2.75) is 0 Å². The zero-order valence-electron chi connectivity index (χ0n) is 9.84. The van der Waals surface area contributed by atoms with Crippen LogP contribution in [0.15, 0.2) is 45.7 Å². The first-order valence-electron chi connectivity index (χ1n) is 5.53. The second-order valence-corrected chi connectivity index (χ2v) is 5.75. The maximum Gasteiger partial charge on any atom is 0.283 e. The molecule has 1 heterocycles. The lowest BCUT2D eigenvalue weighted by atomic mass is 10.1. The van der Waals surface area contributed by atoms with Crippen molar-refractivity contribution in [3.63, 3.8) is 0 Å². The lowest BCUT2D eigenvalue weighted by Gasteiger charge is -2.05. The van der Waals surface area contributed by atoms with Gasteiger partial charge in [-0.2, -0.15) is 4.37 Å². The summed E-state index contributed by atoms with van der Waals surface area (Å²) in [7, 11) is 0. The summed E-state index contributed by atoms with van der Waals surface area (Å²) in [5.74, 6) is 0.463. The van der Waals surface area contributed by atoms with E-state index in [0.29, 0.717) is 5.75 Å². The van der Waals surface area contributed by atoms with Gasteiger partial charge in [-0.05, 0) is 35.0 Å². The van der Waals surface area contributed by atoms with Crippen molar-refractivity contribution in [3.8, 4) is 11.6 Å². The normalized spacial score (nSPS) is 10.7. The predicted molar refractivity (Wildman–Crippen MR) is 82.9 cm³/mol. The first-order valence-corrected chi connectivity index (χ1v) is 7.43. The Morgan fingerprint density at radius 2 is 1.85 bits per heavy atom. The van der Waals surface area contributed by atoms with E-state index in [9.17, 15) is 4.79 Å². The van der Waals surface area contributed by atoms with E-state index in [1.165, 1.54) is 0 Å². The Morgan fingerprint density at radius 3 is 2.70 bits per heavy atom. The lowest BCUT2D eigenvalue weighted by molar-refractivity contribution is 0.463. The highest BCUT2D eigenvalue weighted by Gasteiger charge is 2.09. The summed E-state index contributed by atoms with van der Waals surface area (Å²) < 4.78 is 14.0. The zero-order chi connectivity index (χ0) is 14.1. The number of fused-ring (bicyclic) bond motifs is 1. The molecule has 0 saturated heterocycles. The molecule has 0 unspecified atom stereocenters. The molecule has 0 aliphatic carbocycles. The van der Waals surface area contributed by atoms with E-state index in [2.05, 4.69) is 24.7 Å². The van der Waals surface area contributed by atoms with E-state index >= 15 is 0 Å². The Hall–Kier alpha value is -1.50. The monoisotopic (exact) mass is 368 g/mol. The minimum Gasteiger partial charge on any atom is -0.435 e. The quantitative estimate of drug-likeness (QED) is 0.677.